The first-order chi connectivity index (χ1) is 8.97. The normalized spacial score (nSPS) is 12.9. The number of oxime groups is 1. The van der Waals surface area contributed by atoms with Crippen LogP contribution in [0.4, 0.5) is 0 Å². The highest BCUT2D eigenvalue weighted by Crippen LogP contribution is 2.23. The third-order valence-corrected chi connectivity index (χ3v) is 3.44. The smallest absolute Gasteiger partial charge is 0.144 e. The molecule has 0 atom stereocenters. The highest BCUT2D eigenvalue weighted by molar-refractivity contribution is 5.85. The van der Waals surface area contributed by atoms with Crippen molar-refractivity contribution >= 4 is 5.84 Å². The van der Waals surface area contributed by atoms with Crippen LogP contribution in [-0.2, 0) is 13.6 Å². The van der Waals surface area contributed by atoms with E-state index in [0.717, 1.165) is 32.4 Å². The second kappa shape index (κ2) is 7.13. The van der Waals surface area contributed by atoms with Crippen LogP contribution < -0.4 is 11.1 Å². The molecule has 0 radical (unpaired) electrons. The summed E-state index contributed by atoms with van der Waals surface area (Å²) in [5.74, 6) is 0.301. The SMILES string of the molecule is Cn1nccc1CNCCCCC(C)(C)/C(N)=N/O. The molecule has 19 heavy (non-hydrogen) atoms. The van der Waals surface area contributed by atoms with Gasteiger partial charge in [0.25, 0.3) is 0 Å². The van der Waals surface area contributed by atoms with E-state index in [1.165, 1.54) is 5.69 Å². The molecule has 0 aliphatic rings. The molecule has 6 heteroatoms. The van der Waals surface area contributed by atoms with Gasteiger partial charge in [0.05, 0.1) is 5.69 Å². The summed E-state index contributed by atoms with van der Waals surface area (Å²) in [7, 11) is 1.94. The maximum atomic E-state index is 8.69. The first-order valence-corrected chi connectivity index (χ1v) is 6.63. The molecule has 0 bridgehead atoms. The van der Waals surface area contributed by atoms with E-state index in [4.69, 9.17) is 10.9 Å². The topological polar surface area (TPSA) is 88.5 Å². The van der Waals surface area contributed by atoms with Gasteiger partial charge in [-0.1, -0.05) is 25.4 Å². The van der Waals surface area contributed by atoms with Gasteiger partial charge in [-0.3, -0.25) is 4.68 Å². The second-order valence-corrected chi connectivity index (χ2v) is 5.45. The highest BCUT2D eigenvalue weighted by Gasteiger charge is 2.22. The standard InChI is InChI=1S/C13H25N5O/c1-13(2,12(14)17-19)7-4-5-8-15-10-11-6-9-16-18(11)3/h6,9,15,19H,4-5,7-8,10H2,1-3H3,(H2,14,17). The van der Waals surface area contributed by atoms with Crippen LogP contribution in [0.15, 0.2) is 17.4 Å². The van der Waals surface area contributed by atoms with Crippen molar-refractivity contribution in [2.24, 2.45) is 23.4 Å². The second-order valence-electron chi connectivity index (χ2n) is 5.45. The zero-order chi connectivity index (χ0) is 14.3. The number of nitrogens with two attached hydrogens (primary N) is 1. The number of nitrogens with zero attached hydrogens (tertiary/aromatic N) is 3. The average molecular weight is 267 g/mol. The predicted molar refractivity (Wildman–Crippen MR) is 76.0 cm³/mol. The van der Waals surface area contributed by atoms with Crippen LogP contribution in [0.5, 0.6) is 0 Å². The van der Waals surface area contributed by atoms with Gasteiger partial charge in [-0.2, -0.15) is 5.10 Å². The van der Waals surface area contributed by atoms with Crippen LogP contribution in [0, 0.1) is 5.41 Å². The predicted octanol–water partition coefficient (Wildman–Crippen LogP) is 1.45. The van der Waals surface area contributed by atoms with Gasteiger partial charge in [0, 0.05) is 25.2 Å². The first kappa shape index (κ1) is 15.5. The van der Waals surface area contributed by atoms with Crippen LogP contribution in [0.2, 0.25) is 0 Å². The Morgan fingerprint density at radius 2 is 2.26 bits per heavy atom. The van der Waals surface area contributed by atoms with Gasteiger partial charge < -0.3 is 16.3 Å². The van der Waals surface area contributed by atoms with Crippen LogP contribution in [0.25, 0.3) is 0 Å². The Bertz CT molecular complexity index is 411. The molecule has 0 aromatic carbocycles. The van der Waals surface area contributed by atoms with E-state index in [1.54, 1.807) is 6.20 Å². The Hall–Kier alpha value is -1.56. The number of unbranched alkanes of at least 4 members (excludes halogenated alkanes) is 1. The molecule has 1 aromatic rings. The van der Waals surface area contributed by atoms with E-state index in [0.29, 0.717) is 5.84 Å². The Morgan fingerprint density at radius 1 is 1.53 bits per heavy atom. The number of aromatic nitrogens is 2. The minimum atomic E-state index is -0.239. The summed E-state index contributed by atoms with van der Waals surface area (Å²) in [4.78, 5) is 0. The van der Waals surface area contributed by atoms with Crippen LogP contribution in [-0.4, -0.2) is 27.4 Å². The van der Waals surface area contributed by atoms with Crippen molar-refractivity contribution < 1.29 is 5.21 Å². The Kier molecular flexibility index (Phi) is 5.82. The van der Waals surface area contributed by atoms with Crippen LogP contribution >= 0.6 is 0 Å². The Morgan fingerprint density at radius 3 is 2.84 bits per heavy atom. The molecule has 0 fully saturated rings. The van der Waals surface area contributed by atoms with Crippen molar-refractivity contribution in [1.82, 2.24) is 15.1 Å². The van der Waals surface area contributed by atoms with Gasteiger partial charge in [0.15, 0.2) is 0 Å². The number of aryl methyl sites for hydroxylation is 1. The monoisotopic (exact) mass is 267 g/mol. The number of rotatable bonds is 8. The molecule has 0 aliphatic heterocycles. The van der Waals surface area contributed by atoms with Gasteiger partial charge in [-0.05, 0) is 25.5 Å². The number of nitrogens with one attached hydrogen (secondary N) is 1. The Balaban J connectivity index is 2.14. The third kappa shape index (κ3) is 4.90. The van der Waals surface area contributed by atoms with Crippen LogP contribution in [0.1, 0.15) is 38.8 Å². The van der Waals surface area contributed by atoms with Gasteiger partial charge in [-0.15, -0.1) is 0 Å². The van der Waals surface area contributed by atoms with Gasteiger partial charge in [-0.25, -0.2) is 0 Å². The molecule has 0 aliphatic carbocycles. The molecule has 1 heterocycles. The lowest BCUT2D eigenvalue weighted by molar-refractivity contribution is 0.304. The minimum absolute atomic E-state index is 0.239. The van der Waals surface area contributed by atoms with E-state index < -0.39 is 0 Å². The van der Waals surface area contributed by atoms with Gasteiger partial charge in [0.2, 0.25) is 0 Å². The largest absolute Gasteiger partial charge is 0.409 e. The molecule has 1 aromatic heterocycles. The summed E-state index contributed by atoms with van der Waals surface area (Å²) in [6, 6.07) is 2.01. The van der Waals surface area contributed by atoms with Gasteiger partial charge in [0.1, 0.15) is 5.84 Å². The van der Waals surface area contributed by atoms with Crippen molar-refractivity contribution in [2.45, 2.75) is 39.7 Å². The lowest BCUT2D eigenvalue weighted by Crippen LogP contribution is -2.32. The molecule has 1 rings (SSSR count). The number of amidine groups is 1. The number of hydrogen-bond acceptors (Lipinski definition) is 4. The maximum absolute atomic E-state index is 8.69. The van der Waals surface area contributed by atoms with Crippen molar-refractivity contribution in [2.75, 3.05) is 6.54 Å². The summed E-state index contributed by atoms with van der Waals surface area (Å²) >= 11 is 0. The molecule has 0 spiro atoms. The number of hydrogen-bond donors (Lipinski definition) is 3. The molecule has 0 unspecified atom stereocenters. The molecule has 108 valence electrons. The van der Waals surface area contributed by atoms with Crippen molar-refractivity contribution in [3.63, 3.8) is 0 Å². The molecular formula is C13H25N5O. The maximum Gasteiger partial charge on any atom is 0.144 e. The van der Waals surface area contributed by atoms with Gasteiger partial charge >= 0.3 is 0 Å². The van der Waals surface area contributed by atoms with E-state index >= 15 is 0 Å². The van der Waals surface area contributed by atoms with Crippen LogP contribution in [0.3, 0.4) is 0 Å². The first-order valence-electron chi connectivity index (χ1n) is 6.63. The van der Waals surface area contributed by atoms with E-state index in [2.05, 4.69) is 15.6 Å². The summed E-state index contributed by atoms with van der Waals surface area (Å²) < 4.78 is 1.87. The molecule has 6 nitrogen and oxygen atoms in total. The zero-order valence-electron chi connectivity index (χ0n) is 12.1. The third-order valence-electron chi connectivity index (χ3n) is 3.44. The fourth-order valence-corrected chi connectivity index (χ4v) is 1.87. The quantitative estimate of drug-likeness (QED) is 0.219. The molecule has 0 amide bonds. The highest BCUT2D eigenvalue weighted by atomic mass is 16.4. The van der Waals surface area contributed by atoms with E-state index in [-0.39, 0.29) is 5.41 Å². The summed E-state index contributed by atoms with van der Waals surface area (Å²) in [5, 5.41) is 19.3. The van der Waals surface area contributed by atoms with Crippen molar-refractivity contribution in [3.8, 4) is 0 Å². The summed E-state index contributed by atoms with van der Waals surface area (Å²) in [6.07, 6.45) is 4.83. The van der Waals surface area contributed by atoms with Crippen molar-refractivity contribution in [1.29, 1.82) is 0 Å². The lowest BCUT2D eigenvalue weighted by atomic mass is 9.86. The fraction of sp³-hybridized carbons (Fsp3) is 0.692. The summed E-state index contributed by atoms with van der Waals surface area (Å²) in [5.41, 5.74) is 6.59. The average Bonchev–Trinajstić information content (AvgIpc) is 2.78. The van der Waals surface area contributed by atoms with Crippen molar-refractivity contribution in [3.05, 3.63) is 18.0 Å². The molecule has 0 saturated carbocycles. The van der Waals surface area contributed by atoms with E-state index in [1.807, 2.05) is 31.6 Å². The van der Waals surface area contributed by atoms with E-state index in [9.17, 15) is 0 Å². The molecular weight excluding hydrogens is 242 g/mol. The zero-order valence-corrected chi connectivity index (χ0v) is 12.1. The Labute approximate surface area is 114 Å². The fourth-order valence-electron chi connectivity index (χ4n) is 1.87. The lowest BCUT2D eigenvalue weighted by Gasteiger charge is -2.22. The molecule has 4 N–H and O–H groups in total. The minimum Gasteiger partial charge on any atom is -0.409 e. The molecule has 0 saturated heterocycles. The summed E-state index contributed by atoms with van der Waals surface area (Å²) in [6.45, 7) is 5.77.